The first-order chi connectivity index (χ1) is 8.15. The Hall–Kier alpha value is -0.290. The first-order valence-corrected chi connectivity index (χ1v) is 7.90. The number of nitrogens with two attached hydrogens (primary N) is 1. The molecule has 0 bridgehead atoms. The molecule has 2 fully saturated rings. The van der Waals surface area contributed by atoms with Crippen molar-refractivity contribution in [3.8, 4) is 0 Å². The molecule has 1 atom stereocenters. The smallest absolute Gasteiger partial charge is 0.233 e. The van der Waals surface area contributed by atoms with Crippen molar-refractivity contribution in [2.75, 3.05) is 11.5 Å². The van der Waals surface area contributed by atoms with Crippen LogP contribution in [-0.4, -0.2) is 28.4 Å². The van der Waals surface area contributed by atoms with Gasteiger partial charge in [0.2, 0.25) is 5.91 Å². The van der Waals surface area contributed by atoms with E-state index in [4.69, 9.17) is 18.0 Å². The van der Waals surface area contributed by atoms with Gasteiger partial charge in [0.1, 0.15) is 0 Å². The first kappa shape index (κ1) is 13.1. The Morgan fingerprint density at radius 3 is 2.59 bits per heavy atom. The highest BCUT2D eigenvalue weighted by atomic mass is 32.2. The van der Waals surface area contributed by atoms with E-state index in [-0.39, 0.29) is 5.91 Å². The fourth-order valence-electron chi connectivity index (χ4n) is 2.74. The van der Waals surface area contributed by atoms with Gasteiger partial charge in [-0.25, -0.2) is 0 Å². The molecule has 1 heterocycles. The zero-order valence-electron chi connectivity index (χ0n) is 10.0. The molecule has 1 amide bonds. The van der Waals surface area contributed by atoms with Gasteiger partial charge in [0.15, 0.2) is 0 Å². The molecular formula is C12H20N2OS2. The van der Waals surface area contributed by atoms with Gasteiger partial charge in [-0.05, 0) is 31.4 Å². The van der Waals surface area contributed by atoms with E-state index >= 15 is 0 Å². The van der Waals surface area contributed by atoms with Gasteiger partial charge in [-0.15, -0.1) is 0 Å². The number of carbonyl (C=O) groups is 1. The summed E-state index contributed by atoms with van der Waals surface area (Å²) in [7, 11) is 0. The molecule has 5 heteroatoms. The SMILES string of the molecule is NC(=S)C1(C(=O)NC2CCCSC2)CCCC1. The van der Waals surface area contributed by atoms with Gasteiger partial charge >= 0.3 is 0 Å². The zero-order chi connectivity index (χ0) is 12.3. The highest BCUT2D eigenvalue weighted by Crippen LogP contribution is 2.39. The lowest BCUT2D eigenvalue weighted by atomic mass is 9.84. The lowest BCUT2D eigenvalue weighted by molar-refractivity contribution is -0.127. The number of thiocarbonyl (C=S) groups is 1. The highest BCUT2D eigenvalue weighted by Gasteiger charge is 2.44. The molecule has 3 nitrogen and oxygen atoms in total. The summed E-state index contributed by atoms with van der Waals surface area (Å²) < 4.78 is 0. The predicted molar refractivity (Wildman–Crippen MR) is 76.2 cm³/mol. The first-order valence-electron chi connectivity index (χ1n) is 6.34. The summed E-state index contributed by atoms with van der Waals surface area (Å²) in [5.41, 5.74) is 5.26. The summed E-state index contributed by atoms with van der Waals surface area (Å²) in [6.07, 6.45) is 6.05. The van der Waals surface area contributed by atoms with Gasteiger partial charge in [-0.2, -0.15) is 11.8 Å². The van der Waals surface area contributed by atoms with Gasteiger partial charge in [-0.1, -0.05) is 25.1 Å². The fraction of sp³-hybridized carbons (Fsp3) is 0.833. The van der Waals surface area contributed by atoms with E-state index in [9.17, 15) is 4.79 Å². The summed E-state index contributed by atoms with van der Waals surface area (Å²) in [5.74, 6) is 2.32. The number of carbonyl (C=O) groups excluding carboxylic acids is 1. The van der Waals surface area contributed by atoms with E-state index in [1.165, 1.54) is 12.2 Å². The largest absolute Gasteiger partial charge is 0.392 e. The van der Waals surface area contributed by atoms with Crippen molar-refractivity contribution in [3.63, 3.8) is 0 Å². The molecule has 0 aromatic rings. The van der Waals surface area contributed by atoms with Crippen LogP contribution in [0.4, 0.5) is 0 Å². The standard InChI is InChI=1S/C12H20N2OS2/c13-10(16)12(5-1-2-6-12)11(15)14-9-4-3-7-17-8-9/h9H,1-8H2,(H2,13,16)(H,14,15). The van der Waals surface area contributed by atoms with Crippen molar-refractivity contribution in [1.82, 2.24) is 5.32 Å². The van der Waals surface area contributed by atoms with Crippen LogP contribution < -0.4 is 11.1 Å². The Labute approximate surface area is 112 Å². The van der Waals surface area contributed by atoms with Gasteiger partial charge in [0.05, 0.1) is 10.4 Å². The maximum Gasteiger partial charge on any atom is 0.233 e. The molecule has 3 N–H and O–H groups in total. The van der Waals surface area contributed by atoms with E-state index in [0.717, 1.165) is 37.9 Å². The van der Waals surface area contributed by atoms with Crippen molar-refractivity contribution in [3.05, 3.63) is 0 Å². The Kier molecular flexibility index (Phi) is 4.31. The third kappa shape index (κ3) is 2.76. The Morgan fingerprint density at radius 2 is 2.06 bits per heavy atom. The lowest BCUT2D eigenvalue weighted by Gasteiger charge is -2.30. The van der Waals surface area contributed by atoms with E-state index in [1.54, 1.807) is 0 Å². The van der Waals surface area contributed by atoms with Crippen molar-refractivity contribution in [2.24, 2.45) is 11.1 Å². The molecule has 0 aromatic heterocycles. The minimum atomic E-state index is -0.544. The molecule has 0 radical (unpaired) electrons. The van der Waals surface area contributed by atoms with Gasteiger partial charge in [-0.3, -0.25) is 4.79 Å². The highest BCUT2D eigenvalue weighted by molar-refractivity contribution is 7.99. The molecule has 17 heavy (non-hydrogen) atoms. The molecule has 0 aromatic carbocycles. The topological polar surface area (TPSA) is 55.1 Å². The third-order valence-corrected chi connectivity index (χ3v) is 5.47. The van der Waals surface area contributed by atoms with Gasteiger partial charge < -0.3 is 11.1 Å². The second-order valence-corrected chi connectivity index (χ2v) is 6.63. The average Bonchev–Trinajstić information content (AvgIpc) is 2.80. The quantitative estimate of drug-likeness (QED) is 0.770. The van der Waals surface area contributed by atoms with Gasteiger partial charge in [0, 0.05) is 11.8 Å². The molecule has 2 aliphatic rings. The molecule has 1 saturated heterocycles. The van der Waals surface area contributed by atoms with Crippen molar-refractivity contribution in [2.45, 2.75) is 44.6 Å². The Bertz CT molecular complexity index is 308. The number of amides is 1. The summed E-state index contributed by atoms with van der Waals surface area (Å²) in [6, 6.07) is 0.313. The lowest BCUT2D eigenvalue weighted by Crippen LogP contribution is -2.51. The van der Waals surface area contributed by atoms with E-state index in [0.29, 0.717) is 11.0 Å². The van der Waals surface area contributed by atoms with E-state index in [1.807, 2.05) is 11.8 Å². The molecule has 0 spiro atoms. The molecule has 1 aliphatic heterocycles. The summed E-state index contributed by atoms with van der Waals surface area (Å²) in [6.45, 7) is 0. The number of thioether (sulfide) groups is 1. The second kappa shape index (κ2) is 5.57. The van der Waals surface area contributed by atoms with Crippen molar-refractivity contribution in [1.29, 1.82) is 0 Å². The number of nitrogens with one attached hydrogen (secondary N) is 1. The minimum Gasteiger partial charge on any atom is -0.392 e. The Balaban J connectivity index is 1.99. The molecule has 1 saturated carbocycles. The molecule has 96 valence electrons. The fourth-order valence-corrected chi connectivity index (χ4v) is 4.11. The molecule has 1 unspecified atom stereocenters. The summed E-state index contributed by atoms with van der Waals surface area (Å²) in [5, 5.41) is 3.16. The van der Waals surface area contributed by atoms with Crippen LogP contribution in [0.5, 0.6) is 0 Å². The molecule has 1 aliphatic carbocycles. The molecular weight excluding hydrogens is 252 g/mol. The minimum absolute atomic E-state index is 0.0787. The number of rotatable bonds is 3. The number of hydrogen-bond acceptors (Lipinski definition) is 3. The third-order valence-electron chi connectivity index (χ3n) is 3.86. The monoisotopic (exact) mass is 272 g/mol. The Morgan fingerprint density at radius 1 is 1.35 bits per heavy atom. The van der Waals surface area contributed by atoms with Crippen LogP contribution in [-0.2, 0) is 4.79 Å². The van der Waals surface area contributed by atoms with Crippen LogP contribution in [0.3, 0.4) is 0 Å². The summed E-state index contributed by atoms with van der Waals surface area (Å²) in [4.78, 5) is 12.8. The predicted octanol–water partition coefficient (Wildman–Crippen LogP) is 1.84. The molecule has 2 rings (SSSR count). The normalized spacial score (nSPS) is 27.6. The van der Waals surface area contributed by atoms with Crippen LogP contribution in [0.1, 0.15) is 38.5 Å². The van der Waals surface area contributed by atoms with E-state index in [2.05, 4.69) is 5.32 Å². The van der Waals surface area contributed by atoms with Crippen molar-refractivity contribution < 1.29 is 4.79 Å². The van der Waals surface area contributed by atoms with Crippen LogP contribution in [0.15, 0.2) is 0 Å². The zero-order valence-corrected chi connectivity index (χ0v) is 11.7. The van der Waals surface area contributed by atoms with E-state index < -0.39 is 5.41 Å². The van der Waals surface area contributed by atoms with Crippen LogP contribution in [0.25, 0.3) is 0 Å². The summed E-state index contributed by atoms with van der Waals surface area (Å²) >= 11 is 7.04. The number of hydrogen-bond donors (Lipinski definition) is 2. The van der Waals surface area contributed by atoms with Crippen LogP contribution >= 0.6 is 24.0 Å². The second-order valence-electron chi connectivity index (χ2n) is 5.04. The van der Waals surface area contributed by atoms with Crippen LogP contribution in [0.2, 0.25) is 0 Å². The maximum absolute atomic E-state index is 12.4. The van der Waals surface area contributed by atoms with Crippen LogP contribution in [0, 0.1) is 5.41 Å². The van der Waals surface area contributed by atoms with Gasteiger partial charge in [0.25, 0.3) is 0 Å². The maximum atomic E-state index is 12.4. The van der Waals surface area contributed by atoms with Crippen molar-refractivity contribution >= 4 is 34.9 Å². The average molecular weight is 272 g/mol.